The quantitative estimate of drug-likeness (QED) is 0.153. The van der Waals surface area contributed by atoms with Gasteiger partial charge in [0.15, 0.2) is 0 Å². The molecule has 0 fully saturated rings. The van der Waals surface area contributed by atoms with Gasteiger partial charge in [0.25, 0.3) is 0 Å². The Balaban J connectivity index is 1.14. The van der Waals surface area contributed by atoms with Crippen LogP contribution in [-0.4, -0.2) is 4.57 Å². The average Bonchev–Trinajstić information content (AvgIpc) is 3.81. The first-order valence-electron chi connectivity index (χ1n) is 20.7. The van der Waals surface area contributed by atoms with Gasteiger partial charge in [-0.3, -0.25) is 0 Å². The lowest BCUT2D eigenvalue weighted by Gasteiger charge is -2.30. The summed E-state index contributed by atoms with van der Waals surface area (Å²) in [6, 6.07) is 63.3. The summed E-state index contributed by atoms with van der Waals surface area (Å²) in [7, 11) is 0. The molecule has 0 radical (unpaired) electrons. The Morgan fingerprint density at radius 2 is 1.05 bits per heavy atom. The van der Waals surface area contributed by atoms with E-state index in [-0.39, 0.29) is 10.8 Å². The van der Waals surface area contributed by atoms with E-state index in [2.05, 4.69) is 207 Å². The molecule has 1 heteroatoms. The van der Waals surface area contributed by atoms with Gasteiger partial charge in [-0.1, -0.05) is 154 Å². The Bertz CT molecular complexity index is 3170. The number of rotatable bonds is 7. The zero-order chi connectivity index (χ0) is 39.2. The number of nitrogens with zero attached hydrogens (tertiary/aromatic N) is 1. The Kier molecular flexibility index (Phi) is 7.69. The van der Waals surface area contributed by atoms with Crippen LogP contribution in [0.4, 0.5) is 0 Å². The van der Waals surface area contributed by atoms with Crippen molar-refractivity contribution in [1.29, 1.82) is 0 Å². The summed E-state index contributed by atoms with van der Waals surface area (Å²) < 4.78 is 2.47. The van der Waals surface area contributed by atoms with Gasteiger partial charge in [-0.15, -0.1) is 0 Å². The molecule has 0 amide bonds. The molecule has 278 valence electrons. The molecule has 2 aliphatic carbocycles. The number of fused-ring (bicyclic) bond motifs is 9. The Labute approximate surface area is 341 Å². The summed E-state index contributed by atoms with van der Waals surface area (Å²) in [6.07, 6.45) is 6.14. The number of para-hydroxylation sites is 1. The highest BCUT2D eigenvalue weighted by Gasteiger charge is 2.42. The van der Waals surface area contributed by atoms with E-state index in [0.29, 0.717) is 0 Å². The molecule has 9 aromatic rings. The van der Waals surface area contributed by atoms with Crippen LogP contribution in [0.25, 0.3) is 72.0 Å². The molecule has 0 unspecified atom stereocenters. The average molecular weight is 744 g/mol. The van der Waals surface area contributed by atoms with E-state index in [1.165, 1.54) is 93.8 Å². The van der Waals surface area contributed by atoms with Crippen LogP contribution in [-0.2, 0) is 17.3 Å². The van der Waals surface area contributed by atoms with Gasteiger partial charge in [0, 0.05) is 27.5 Å². The summed E-state index contributed by atoms with van der Waals surface area (Å²) in [6.45, 7) is 12.1. The number of aromatic nitrogens is 1. The third-order valence-corrected chi connectivity index (χ3v) is 13.5. The lowest BCUT2D eigenvalue weighted by atomic mass is 9.72. The van der Waals surface area contributed by atoms with Crippen molar-refractivity contribution in [2.45, 2.75) is 44.4 Å². The maximum Gasteiger partial charge on any atom is 0.0543 e. The van der Waals surface area contributed by atoms with E-state index in [0.717, 1.165) is 24.1 Å². The molecule has 1 heterocycles. The summed E-state index contributed by atoms with van der Waals surface area (Å²) in [4.78, 5) is 0. The Morgan fingerprint density at radius 3 is 1.66 bits per heavy atom. The third kappa shape index (κ3) is 4.96. The molecule has 0 bridgehead atoms. The fourth-order valence-electron chi connectivity index (χ4n) is 10.9. The lowest BCUT2D eigenvalue weighted by Crippen LogP contribution is -2.24. The standard InChI is InChI=1S/C57H45N/c1-5-18-52-54(37(2)35-56(3)48-28-15-13-26-44(48)46-31-38-19-9-11-21-40(38)33-50(46)56)55-42(23-17-30-53(55)58(52)43-24-7-6-8-25-43)36-57(4)49-29-16-14-27-45(49)47-32-39-20-10-12-22-41(39)34-51(47)57/h5-34H,2,35-36H2,1,3-4H3/b18-5-/t56-,57+/m0/s1. The molecule has 2 atom stereocenters. The molecule has 58 heavy (non-hydrogen) atoms. The van der Waals surface area contributed by atoms with Crippen LogP contribution in [0.1, 0.15) is 66.3 Å². The maximum atomic E-state index is 5.09. The van der Waals surface area contributed by atoms with Crippen LogP contribution in [0.5, 0.6) is 0 Å². The number of hydrogen-bond donors (Lipinski definition) is 0. The molecule has 0 N–H and O–H groups in total. The second-order valence-corrected chi connectivity index (χ2v) is 16.9. The van der Waals surface area contributed by atoms with E-state index in [1.807, 2.05) is 0 Å². The molecule has 2 aliphatic rings. The zero-order valence-electron chi connectivity index (χ0n) is 33.4. The van der Waals surface area contributed by atoms with Gasteiger partial charge < -0.3 is 4.57 Å². The minimum Gasteiger partial charge on any atom is -0.309 e. The number of benzene rings is 8. The summed E-state index contributed by atoms with van der Waals surface area (Å²) in [5.41, 5.74) is 17.7. The predicted molar refractivity (Wildman–Crippen MR) is 247 cm³/mol. The SMILES string of the molecule is C=C(C[C@@]1(C)c2ccccc2-c2cc3ccccc3cc21)c1c(/C=C\C)n(-c2ccccc2)c2cccc(C[C@]3(C)c4ccccc4-c4cc5ccccc5cc43)c12. The molecule has 8 aromatic carbocycles. The summed E-state index contributed by atoms with van der Waals surface area (Å²) in [5.74, 6) is 0. The highest BCUT2D eigenvalue weighted by Crippen LogP contribution is 2.56. The fraction of sp³-hybridized carbons (Fsp3) is 0.123. The van der Waals surface area contributed by atoms with E-state index < -0.39 is 0 Å². The van der Waals surface area contributed by atoms with Crippen LogP contribution in [0.2, 0.25) is 0 Å². The van der Waals surface area contributed by atoms with Crippen LogP contribution >= 0.6 is 0 Å². The first kappa shape index (κ1) is 34.5. The van der Waals surface area contributed by atoms with Crippen molar-refractivity contribution in [2.24, 2.45) is 0 Å². The molecular weight excluding hydrogens is 699 g/mol. The minimum absolute atomic E-state index is 0.241. The molecule has 1 aromatic heterocycles. The predicted octanol–water partition coefficient (Wildman–Crippen LogP) is 14.9. The smallest absolute Gasteiger partial charge is 0.0543 e. The first-order chi connectivity index (χ1) is 28.4. The molecule has 0 aliphatic heterocycles. The summed E-state index contributed by atoms with van der Waals surface area (Å²) >= 11 is 0. The van der Waals surface area contributed by atoms with Crippen molar-refractivity contribution in [3.8, 4) is 27.9 Å². The first-order valence-corrected chi connectivity index (χ1v) is 20.7. The van der Waals surface area contributed by atoms with Crippen LogP contribution in [0.15, 0.2) is 183 Å². The van der Waals surface area contributed by atoms with Crippen molar-refractivity contribution in [1.82, 2.24) is 4.57 Å². The molecule has 0 saturated heterocycles. The van der Waals surface area contributed by atoms with Crippen molar-refractivity contribution < 1.29 is 0 Å². The van der Waals surface area contributed by atoms with E-state index in [4.69, 9.17) is 6.58 Å². The fourth-order valence-corrected chi connectivity index (χ4v) is 10.9. The van der Waals surface area contributed by atoms with Crippen LogP contribution < -0.4 is 0 Å². The van der Waals surface area contributed by atoms with Gasteiger partial charge in [0.2, 0.25) is 0 Å². The van der Waals surface area contributed by atoms with E-state index >= 15 is 0 Å². The van der Waals surface area contributed by atoms with Gasteiger partial charge in [-0.25, -0.2) is 0 Å². The van der Waals surface area contributed by atoms with Gasteiger partial charge >= 0.3 is 0 Å². The minimum atomic E-state index is -0.271. The molecule has 11 rings (SSSR count). The maximum absolute atomic E-state index is 5.09. The van der Waals surface area contributed by atoms with E-state index in [1.54, 1.807) is 0 Å². The van der Waals surface area contributed by atoms with Crippen molar-refractivity contribution in [3.05, 3.63) is 222 Å². The van der Waals surface area contributed by atoms with Crippen LogP contribution in [0.3, 0.4) is 0 Å². The van der Waals surface area contributed by atoms with Gasteiger partial charge in [0.1, 0.15) is 0 Å². The second kappa shape index (κ2) is 12.9. The third-order valence-electron chi connectivity index (χ3n) is 13.5. The van der Waals surface area contributed by atoms with Gasteiger partial charge in [0.05, 0.1) is 11.2 Å². The molecule has 0 saturated carbocycles. The summed E-state index contributed by atoms with van der Waals surface area (Å²) in [5, 5.41) is 6.43. The number of allylic oxidation sites excluding steroid dienone is 2. The van der Waals surface area contributed by atoms with Gasteiger partial charge in [-0.05, 0) is 145 Å². The largest absolute Gasteiger partial charge is 0.309 e. The monoisotopic (exact) mass is 743 g/mol. The Hall–Kier alpha value is -6.70. The highest BCUT2D eigenvalue weighted by atomic mass is 15.0. The van der Waals surface area contributed by atoms with Crippen LogP contribution in [0, 0.1) is 0 Å². The highest BCUT2D eigenvalue weighted by molar-refractivity contribution is 6.02. The Morgan fingerprint density at radius 1 is 0.534 bits per heavy atom. The second-order valence-electron chi connectivity index (χ2n) is 16.9. The topological polar surface area (TPSA) is 4.93 Å². The van der Waals surface area contributed by atoms with E-state index in [9.17, 15) is 0 Å². The number of hydrogen-bond acceptors (Lipinski definition) is 0. The normalized spacial score (nSPS) is 17.8. The van der Waals surface area contributed by atoms with Crippen molar-refractivity contribution >= 4 is 44.1 Å². The molecule has 0 spiro atoms. The molecular formula is C57H45N. The zero-order valence-corrected chi connectivity index (χ0v) is 33.4. The lowest BCUT2D eigenvalue weighted by molar-refractivity contribution is 0.585. The van der Waals surface area contributed by atoms with Crippen molar-refractivity contribution in [3.63, 3.8) is 0 Å². The molecule has 1 nitrogen and oxygen atoms in total. The van der Waals surface area contributed by atoms with Gasteiger partial charge in [-0.2, -0.15) is 0 Å². The van der Waals surface area contributed by atoms with Crippen molar-refractivity contribution in [2.75, 3.05) is 0 Å².